The molecule has 0 aromatic rings. The summed E-state index contributed by atoms with van der Waals surface area (Å²) >= 11 is 5.41. The molecule has 0 radical (unpaired) electrons. The van der Waals surface area contributed by atoms with Crippen LogP contribution in [-0.4, -0.2) is 28.8 Å². The molecule has 1 aliphatic heterocycles. The zero-order valence-electron chi connectivity index (χ0n) is 7.03. The van der Waals surface area contributed by atoms with Gasteiger partial charge in [-0.15, -0.1) is 18.0 Å². The summed E-state index contributed by atoms with van der Waals surface area (Å²) in [5.74, 6) is 2.12. The molecule has 1 fully saturated rings. The Labute approximate surface area is 82.3 Å². The van der Waals surface area contributed by atoms with Crippen LogP contribution >= 0.6 is 11.6 Å². The molecule has 4 heteroatoms. The smallest absolute Gasteiger partial charge is 0.239 e. The normalized spacial score (nSPS) is 26.5. The molecule has 0 N–H and O–H groups in total. The van der Waals surface area contributed by atoms with Crippen LogP contribution in [0.4, 0.5) is 0 Å². The highest BCUT2D eigenvalue weighted by atomic mass is 35.5. The van der Waals surface area contributed by atoms with Gasteiger partial charge in [-0.2, -0.15) is 5.26 Å². The average molecular weight is 197 g/mol. The van der Waals surface area contributed by atoms with Crippen molar-refractivity contribution in [2.24, 2.45) is 0 Å². The van der Waals surface area contributed by atoms with Gasteiger partial charge in [-0.1, -0.05) is 5.92 Å². The van der Waals surface area contributed by atoms with Gasteiger partial charge >= 0.3 is 0 Å². The summed E-state index contributed by atoms with van der Waals surface area (Å²) in [6.45, 7) is 0. The fourth-order valence-electron chi connectivity index (χ4n) is 1.52. The summed E-state index contributed by atoms with van der Waals surface area (Å²) in [5, 5.41) is 8.74. The van der Waals surface area contributed by atoms with E-state index in [0.717, 1.165) is 0 Å². The summed E-state index contributed by atoms with van der Waals surface area (Å²) in [7, 11) is 0. The van der Waals surface area contributed by atoms with Crippen molar-refractivity contribution in [2.45, 2.75) is 24.9 Å². The van der Waals surface area contributed by atoms with Crippen molar-refractivity contribution in [3.05, 3.63) is 0 Å². The van der Waals surface area contributed by atoms with Gasteiger partial charge in [-0.3, -0.25) is 4.79 Å². The van der Waals surface area contributed by atoms with Crippen molar-refractivity contribution in [3.63, 3.8) is 0 Å². The molecule has 0 saturated carbocycles. The van der Waals surface area contributed by atoms with Crippen molar-refractivity contribution in [1.29, 1.82) is 5.26 Å². The molecule has 1 unspecified atom stereocenters. The van der Waals surface area contributed by atoms with Crippen LogP contribution in [0.2, 0.25) is 0 Å². The molecule has 3 nitrogen and oxygen atoms in total. The van der Waals surface area contributed by atoms with E-state index < -0.39 is 6.04 Å². The van der Waals surface area contributed by atoms with Gasteiger partial charge in [0.2, 0.25) is 5.91 Å². The third-order valence-corrected chi connectivity index (χ3v) is 2.36. The number of nitriles is 1. The lowest BCUT2D eigenvalue weighted by Crippen LogP contribution is -2.40. The van der Waals surface area contributed by atoms with Crippen LogP contribution in [0.15, 0.2) is 0 Å². The van der Waals surface area contributed by atoms with Crippen molar-refractivity contribution in [1.82, 2.24) is 4.90 Å². The molecule has 1 rings (SSSR count). The second-order valence-corrected chi connectivity index (χ2v) is 3.11. The Bertz CT molecular complexity index is 267. The van der Waals surface area contributed by atoms with Crippen LogP contribution in [-0.2, 0) is 4.79 Å². The Morgan fingerprint density at radius 1 is 1.62 bits per heavy atom. The Hall–Kier alpha value is -1.19. The number of carbonyl (C=O) groups is 1. The molecule has 0 spiro atoms. The Morgan fingerprint density at radius 2 is 2.23 bits per heavy atom. The Kier molecular flexibility index (Phi) is 3.17. The van der Waals surface area contributed by atoms with Crippen molar-refractivity contribution in [2.75, 3.05) is 5.88 Å². The van der Waals surface area contributed by atoms with Crippen LogP contribution in [0.5, 0.6) is 0 Å². The molecule has 0 aromatic heterocycles. The van der Waals surface area contributed by atoms with Gasteiger partial charge in [0.1, 0.15) is 11.9 Å². The number of alkyl halides is 1. The minimum atomic E-state index is -0.396. The number of nitrogens with zero attached hydrogens (tertiary/aromatic N) is 2. The maximum absolute atomic E-state index is 11.3. The predicted molar refractivity (Wildman–Crippen MR) is 48.8 cm³/mol. The number of halogens is 1. The fourth-order valence-corrected chi connectivity index (χ4v) is 1.66. The van der Waals surface area contributed by atoms with Gasteiger partial charge < -0.3 is 4.90 Å². The minimum absolute atomic E-state index is 0.115. The van der Waals surface area contributed by atoms with Gasteiger partial charge in [0.25, 0.3) is 0 Å². The summed E-state index contributed by atoms with van der Waals surface area (Å²) in [5.41, 5.74) is 0. The first-order valence-corrected chi connectivity index (χ1v) is 4.51. The van der Waals surface area contributed by atoms with Crippen LogP contribution in [0.1, 0.15) is 12.8 Å². The number of likely N-dealkylation sites (tertiary alicyclic amines) is 1. The monoisotopic (exact) mass is 196 g/mol. The Balaban J connectivity index is 2.82. The van der Waals surface area contributed by atoms with Crippen molar-refractivity contribution < 1.29 is 4.79 Å². The summed E-state index contributed by atoms with van der Waals surface area (Å²) < 4.78 is 0. The van der Waals surface area contributed by atoms with Gasteiger partial charge in [0.15, 0.2) is 0 Å². The first-order chi connectivity index (χ1) is 6.24. The zero-order valence-corrected chi connectivity index (χ0v) is 7.79. The summed E-state index contributed by atoms with van der Waals surface area (Å²) in [6, 6.07) is 1.39. The van der Waals surface area contributed by atoms with Gasteiger partial charge in [0, 0.05) is 0 Å². The molecule has 2 atom stereocenters. The van der Waals surface area contributed by atoms with Crippen LogP contribution < -0.4 is 0 Å². The minimum Gasteiger partial charge on any atom is -0.312 e. The standard InChI is InChI=1S/C9H9ClN2O/c1-2-7-3-4-8(6-11)12(7)9(13)5-10/h1,7-8H,3-5H2/t7?,8-/m0/s1. The highest BCUT2D eigenvalue weighted by Crippen LogP contribution is 2.23. The zero-order chi connectivity index (χ0) is 9.84. The second kappa shape index (κ2) is 4.16. The van der Waals surface area contributed by atoms with E-state index in [1.807, 2.05) is 6.07 Å². The molecular formula is C9H9ClN2O. The fraction of sp³-hybridized carbons (Fsp3) is 0.556. The van der Waals surface area contributed by atoms with E-state index in [9.17, 15) is 4.79 Å². The summed E-state index contributed by atoms with van der Waals surface area (Å²) in [6.07, 6.45) is 6.58. The number of carbonyl (C=O) groups excluding carboxylic acids is 1. The lowest BCUT2D eigenvalue weighted by atomic mass is 10.2. The van der Waals surface area contributed by atoms with E-state index >= 15 is 0 Å². The maximum atomic E-state index is 11.3. The first kappa shape index (κ1) is 9.89. The van der Waals surface area contributed by atoms with Crippen LogP contribution in [0, 0.1) is 23.7 Å². The van der Waals surface area contributed by atoms with Crippen LogP contribution in [0.3, 0.4) is 0 Å². The second-order valence-electron chi connectivity index (χ2n) is 2.84. The highest BCUT2D eigenvalue weighted by Gasteiger charge is 2.35. The van der Waals surface area contributed by atoms with E-state index in [1.165, 1.54) is 4.90 Å². The summed E-state index contributed by atoms with van der Waals surface area (Å²) in [4.78, 5) is 12.7. The predicted octanol–water partition coefficient (Wildman–Crippen LogP) is 0.742. The van der Waals surface area contributed by atoms with Crippen molar-refractivity contribution in [3.8, 4) is 18.4 Å². The topological polar surface area (TPSA) is 44.1 Å². The lowest BCUT2D eigenvalue weighted by Gasteiger charge is -2.22. The van der Waals surface area contributed by atoms with Crippen molar-refractivity contribution >= 4 is 17.5 Å². The van der Waals surface area contributed by atoms with E-state index in [-0.39, 0.29) is 17.8 Å². The largest absolute Gasteiger partial charge is 0.312 e. The third-order valence-electron chi connectivity index (χ3n) is 2.13. The Morgan fingerprint density at radius 3 is 2.69 bits per heavy atom. The molecule has 1 aliphatic rings. The molecular weight excluding hydrogens is 188 g/mol. The van der Waals surface area contributed by atoms with Gasteiger partial charge in [0.05, 0.1) is 12.1 Å². The number of terminal acetylenes is 1. The van der Waals surface area contributed by atoms with Gasteiger partial charge in [-0.25, -0.2) is 0 Å². The van der Waals surface area contributed by atoms with E-state index in [1.54, 1.807) is 0 Å². The molecule has 68 valence electrons. The molecule has 1 saturated heterocycles. The van der Waals surface area contributed by atoms with Crippen LogP contribution in [0.25, 0.3) is 0 Å². The molecule has 0 bridgehead atoms. The quantitative estimate of drug-likeness (QED) is 0.459. The maximum Gasteiger partial charge on any atom is 0.239 e. The number of hydrogen-bond acceptors (Lipinski definition) is 2. The van der Waals surface area contributed by atoms with E-state index in [2.05, 4.69) is 5.92 Å². The number of amides is 1. The number of rotatable bonds is 1. The van der Waals surface area contributed by atoms with Gasteiger partial charge in [-0.05, 0) is 12.8 Å². The number of hydrogen-bond donors (Lipinski definition) is 0. The molecule has 13 heavy (non-hydrogen) atoms. The molecule has 0 aromatic carbocycles. The molecule has 0 aliphatic carbocycles. The average Bonchev–Trinajstić information content (AvgIpc) is 2.59. The van der Waals surface area contributed by atoms with E-state index in [4.69, 9.17) is 23.3 Å². The lowest BCUT2D eigenvalue weighted by molar-refractivity contribution is -0.129. The first-order valence-electron chi connectivity index (χ1n) is 3.97. The molecule has 1 amide bonds. The SMILES string of the molecule is C#CC1CC[C@@H](C#N)N1C(=O)CCl. The highest BCUT2D eigenvalue weighted by molar-refractivity contribution is 6.27. The van der Waals surface area contributed by atoms with E-state index in [0.29, 0.717) is 12.8 Å². The molecule has 1 heterocycles. The third kappa shape index (κ3) is 1.76.